The topological polar surface area (TPSA) is 76.2 Å². The van der Waals surface area contributed by atoms with E-state index < -0.39 is 0 Å². The number of pyridine rings is 2. The van der Waals surface area contributed by atoms with Crippen LogP contribution in [0.2, 0.25) is 0 Å². The van der Waals surface area contributed by atoms with Gasteiger partial charge in [0.1, 0.15) is 5.75 Å². The van der Waals surface area contributed by atoms with Crippen LogP contribution in [0.4, 0.5) is 0 Å². The van der Waals surface area contributed by atoms with Gasteiger partial charge in [0.15, 0.2) is 5.65 Å². The molecule has 0 saturated carbocycles. The zero-order chi connectivity index (χ0) is 23.8. The Kier molecular flexibility index (Phi) is 5.39. The molecule has 1 aliphatic heterocycles. The van der Waals surface area contributed by atoms with Gasteiger partial charge in [0.25, 0.3) is 0 Å². The van der Waals surface area contributed by atoms with Gasteiger partial charge in [-0.3, -0.25) is 19.0 Å². The third kappa shape index (κ3) is 4.00. The Morgan fingerprint density at radius 2 is 1.69 bits per heavy atom. The molecule has 2 aromatic carbocycles. The minimum Gasteiger partial charge on any atom is -0.506 e. The largest absolute Gasteiger partial charge is 0.506 e. The van der Waals surface area contributed by atoms with Gasteiger partial charge in [-0.1, -0.05) is 42.5 Å². The van der Waals surface area contributed by atoms with Crippen LogP contribution in [-0.4, -0.2) is 42.2 Å². The summed E-state index contributed by atoms with van der Waals surface area (Å²) < 4.78 is 3.62. The van der Waals surface area contributed by atoms with E-state index in [1.54, 1.807) is 16.8 Å². The Balaban J connectivity index is 1.33. The fraction of sp³-hybridized carbons (Fsp3) is 0.179. The van der Waals surface area contributed by atoms with Gasteiger partial charge in [-0.2, -0.15) is 0 Å². The summed E-state index contributed by atoms with van der Waals surface area (Å²) in [6, 6.07) is 25.7. The Morgan fingerprint density at radius 1 is 0.886 bits per heavy atom. The number of hydrogen-bond acceptors (Lipinski definition) is 5. The molecule has 1 N–H and O–H groups in total. The third-order valence-electron chi connectivity index (χ3n) is 6.67. The highest BCUT2D eigenvalue weighted by Gasteiger charge is 2.29. The second-order valence-corrected chi connectivity index (χ2v) is 8.93. The lowest BCUT2D eigenvalue weighted by atomic mass is 10.1. The first kappa shape index (κ1) is 21.3. The van der Waals surface area contributed by atoms with Crippen molar-refractivity contribution in [1.29, 1.82) is 0 Å². The van der Waals surface area contributed by atoms with E-state index in [2.05, 4.69) is 39.1 Å². The summed E-state index contributed by atoms with van der Waals surface area (Å²) >= 11 is 0. The lowest BCUT2D eigenvalue weighted by molar-refractivity contribution is 0.312. The number of likely N-dealkylation sites (tertiary alicyclic amines) is 1. The predicted molar refractivity (Wildman–Crippen MR) is 136 cm³/mol. The maximum atomic E-state index is 13.8. The third-order valence-corrected chi connectivity index (χ3v) is 6.67. The average molecular weight is 464 g/mol. The van der Waals surface area contributed by atoms with Crippen molar-refractivity contribution in [3.8, 4) is 22.6 Å². The van der Waals surface area contributed by atoms with E-state index in [9.17, 15) is 9.90 Å². The van der Waals surface area contributed by atoms with Gasteiger partial charge >= 0.3 is 5.69 Å². The Labute approximate surface area is 202 Å². The van der Waals surface area contributed by atoms with Crippen LogP contribution in [0.3, 0.4) is 0 Å². The van der Waals surface area contributed by atoms with Crippen molar-refractivity contribution < 1.29 is 5.11 Å². The molecule has 174 valence electrons. The molecule has 0 bridgehead atoms. The SMILES string of the molecule is O=c1n(-c2ccc(-c3ccccc3)cc2)c2cccnc2n1[C@H]1CCN(Cc2ccc(O)cn2)C1. The number of benzene rings is 2. The molecule has 5 aromatic rings. The van der Waals surface area contributed by atoms with Gasteiger partial charge < -0.3 is 5.11 Å². The van der Waals surface area contributed by atoms with E-state index >= 15 is 0 Å². The van der Waals surface area contributed by atoms with Crippen molar-refractivity contribution in [2.75, 3.05) is 13.1 Å². The molecule has 1 saturated heterocycles. The van der Waals surface area contributed by atoms with Crippen LogP contribution >= 0.6 is 0 Å². The molecule has 0 radical (unpaired) electrons. The minimum atomic E-state index is -0.0687. The number of aromatic hydroxyl groups is 1. The molecule has 0 amide bonds. The van der Waals surface area contributed by atoms with Gasteiger partial charge in [-0.25, -0.2) is 9.78 Å². The summed E-state index contributed by atoms with van der Waals surface area (Å²) in [5.74, 6) is 0.162. The summed E-state index contributed by atoms with van der Waals surface area (Å²) in [7, 11) is 0. The van der Waals surface area contributed by atoms with Crippen LogP contribution in [0.5, 0.6) is 5.75 Å². The van der Waals surface area contributed by atoms with Crippen LogP contribution < -0.4 is 5.69 Å². The first-order valence-electron chi connectivity index (χ1n) is 11.8. The lowest BCUT2D eigenvalue weighted by Gasteiger charge is -2.16. The van der Waals surface area contributed by atoms with E-state index in [4.69, 9.17) is 0 Å². The molecule has 35 heavy (non-hydrogen) atoms. The minimum absolute atomic E-state index is 0.0295. The summed E-state index contributed by atoms with van der Waals surface area (Å²) in [5, 5.41) is 9.49. The van der Waals surface area contributed by atoms with Gasteiger partial charge in [-0.05, 0) is 53.9 Å². The van der Waals surface area contributed by atoms with Crippen LogP contribution in [0.15, 0.2) is 96.1 Å². The van der Waals surface area contributed by atoms with Crippen molar-refractivity contribution in [2.45, 2.75) is 19.0 Å². The summed E-state index contributed by atoms with van der Waals surface area (Å²) in [5.41, 5.74) is 5.43. The van der Waals surface area contributed by atoms with E-state index in [0.717, 1.165) is 47.5 Å². The zero-order valence-corrected chi connectivity index (χ0v) is 19.2. The lowest BCUT2D eigenvalue weighted by Crippen LogP contribution is -2.29. The van der Waals surface area contributed by atoms with E-state index in [0.29, 0.717) is 12.2 Å². The standard InChI is InChI=1S/C28H25N5O2/c34-25-13-10-22(30-17-25)18-31-16-14-24(19-31)33-27-26(7-4-15-29-27)32(28(33)35)23-11-8-21(9-12-23)20-5-2-1-3-6-20/h1-13,15,17,24,34H,14,16,18-19H2/t24-/m0/s1. The number of nitrogens with zero attached hydrogens (tertiary/aromatic N) is 5. The first-order chi connectivity index (χ1) is 17.2. The molecule has 0 unspecified atom stereocenters. The van der Waals surface area contributed by atoms with Crippen molar-refractivity contribution in [3.63, 3.8) is 0 Å². The van der Waals surface area contributed by atoms with Crippen LogP contribution in [0.25, 0.3) is 28.0 Å². The number of fused-ring (bicyclic) bond motifs is 1. The zero-order valence-electron chi connectivity index (χ0n) is 19.2. The molecule has 3 aromatic heterocycles. The normalized spacial score (nSPS) is 16.2. The van der Waals surface area contributed by atoms with Crippen LogP contribution in [0.1, 0.15) is 18.2 Å². The Bertz CT molecular complexity index is 1520. The highest BCUT2D eigenvalue weighted by molar-refractivity contribution is 5.75. The molecule has 7 heteroatoms. The molecule has 1 atom stereocenters. The molecule has 1 aliphatic rings. The summed E-state index contributed by atoms with van der Waals surface area (Å²) in [6.07, 6.45) is 4.07. The van der Waals surface area contributed by atoms with E-state index in [-0.39, 0.29) is 17.5 Å². The van der Waals surface area contributed by atoms with Crippen molar-refractivity contribution in [2.24, 2.45) is 0 Å². The average Bonchev–Trinajstić information content (AvgIpc) is 3.47. The molecular formula is C28H25N5O2. The van der Waals surface area contributed by atoms with Crippen molar-refractivity contribution in [1.82, 2.24) is 24.0 Å². The number of rotatable bonds is 5. The van der Waals surface area contributed by atoms with Gasteiger partial charge in [0, 0.05) is 25.8 Å². The smallest absolute Gasteiger partial charge is 0.335 e. The Hall–Kier alpha value is -4.23. The fourth-order valence-electron chi connectivity index (χ4n) is 4.97. The van der Waals surface area contributed by atoms with Gasteiger partial charge in [0.05, 0.1) is 29.1 Å². The quantitative estimate of drug-likeness (QED) is 0.418. The van der Waals surface area contributed by atoms with Crippen molar-refractivity contribution >= 4 is 11.2 Å². The molecule has 0 spiro atoms. The second kappa shape index (κ2) is 8.85. The first-order valence-corrected chi connectivity index (χ1v) is 11.8. The highest BCUT2D eigenvalue weighted by atomic mass is 16.3. The number of aromatic nitrogens is 4. The fourth-order valence-corrected chi connectivity index (χ4v) is 4.97. The van der Waals surface area contributed by atoms with Gasteiger partial charge in [-0.15, -0.1) is 0 Å². The summed E-state index contributed by atoms with van der Waals surface area (Å²) in [6.45, 7) is 2.29. The van der Waals surface area contributed by atoms with E-state index in [1.807, 2.05) is 53.1 Å². The second-order valence-electron chi connectivity index (χ2n) is 8.93. The molecule has 0 aliphatic carbocycles. The van der Waals surface area contributed by atoms with Crippen LogP contribution in [-0.2, 0) is 6.54 Å². The maximum absolute atomic E-state index is 13.8. The highest BCUT2D eigenvalue weighted by Crippen LogP contribution is 2.27. The molecule has 7 nitrogen and oxygen atoms in total. The molecule has 1 fully saturated rings. The Morgan fingerprint density at radius 3 is 2.46 bits per heavy atom. The molecule has 4 heterocycles. The maximum Gasteiger partial charge on any atom is 0.335 e. The van der Waals surface area contributed by atoms with Gasteiger partial charge in [0.2, 0.25) is 0 Å². The van der Waals surface area contributed by atoms with Crippen molar-refractivity contribution in [3.05, 3.63) is 107 Å². The predicted octanol–water partition coefficient (Wildman–Crippen LogP) is 4.40. The number of imidazole rings is 1. The summed E-state index contributed by atoms with van der Waals surface area (Å²) in [4.78, 5) is 25.0. The van der Waals surface area contributed by atoms with Crippen LogP contribution in [0, 0.1) is 0 Å². The van der Waals surface area contributed by atoms with E-state index in [1.165, 1.54) is 6.20 Å². The molecular weight excluding hydrogens is 438 g/mol. The monoisotopic (exact) mass is 463 g/mol. The number of hydrogen-bond donors (Lipinski definition) is 1. The molecule has 6 rings (SSSR count).